The predicted octanol–water partition coefficient (Wildman–Crippen LogP) is 2.42. The van der Waals surface area contributed by atoms with Crippen LogP contribution < -0.4 is 11.5 Å². The SMILES string of the molecule is Nc1cc(CC(N)CC2=CCCCC2)ccn1. The van der Waals surface area contributed by atoms with Crippen LogP contribution in [0.3, 0.4) is 0 Å². The zero-order valence-electron chi connectivity index (χ0n) is 10.2. The Morgan fingerprint density at radius 2 is 2.18 bits per heavy atom. The molecule has 0 saturated carbocycles. The van der Waals surface area contributed by atoms with E-state index in [9.17, 15) is 0 Å². The summed E-state index contributed by atoms with van der Waals surface area (Å²) in [5, 5.41) is 0. The molecular formula is C14H21N3. The minimum Gasteiger partial charge on any atom is -0.384 e. The van der Waals surface area contributed by atoms with Gasteiger partial charge in [-0.3, -0.25) is 0 Å². The van der Waals surface area contributed by atoms with E-state index in [4.69, 9.17) is 11.5 Å². The molecule has 1 atom stereocenters. The highest BCUT2D eigenvalue weighted by molar-refractivity contribution is 5.32. The number of pyridine rings is 1. The van der Waals surface area contributed by atoms with E-state index in [1.165, 1.54) is 36.8 Å². The highest BCUT2D eigenvalue weighted by atomic mass is 14.8. The van der Waals surface area contributed by atoms with Gasteiger partial charge in [-0.25, -0.2) is 4.98 Å². The molecule has 3 nitrogen and oxygen atoms in total. The second kappa shape index (κ2) is 5.82. The molecule has 0 fully saturated rings. The van der Waals surface area contributed by atoms with Gasteiger partial charge in [-0.1, -0.05) is 11.6 Å². The smallest absolute Gasteiger partial charge is 0.123 e. The molecule has 92 valence electrons. The fourth-order valence-electron chi connectivity index (χ4n) is 2.42. The standard InChI is InChI=1S/C14H21N3/c15-13(8-11-4-2-1-3-5-11)9-12-6-7-17-14(16)10-12/h4,6-7,10,13H,1-3,5,8-9,15H2,(H2,16,17). The van der Waals surface area contributed by atoms with E-state index < -0.39 is 0 Å². The van der Waals surface area contributed by atoms with Crippen molar-refractivity contribution in [2.75, 3.05) is 5.73 Å². The quantitative estimate of drug-likeness (QED) is 0.782. The van der Waals surface area contributed by atoms with Crippen LogP contribution in [0.5, 0.6) is 0 Å². The van der Waals surface area contributed by atoms with Crippen molar-refractivity contribution in [3.05, 3.63) is 35.5 Å². The third kappa shape index (κ3) is 3.86. The van der Waals surface area contributed by atoms with Crippen molar-refractivity contribution in [1.82, 2.24) is 4.98 Å². The lowest BCUT2D eigenvalue weighted by Gasteiger charge is -2.17. The topological polar surface area (TPSA) is 64.9 Å². The largest absolute Gasteiger partial charge is 0.384 e. The van der Waals surface area contributed by atoms with E-state index in [-0.39, 0.29) is 6.04 Å². The van der Waals surface area contributed by atoms with E-state index in [1.807, 2.05) is 12.1 Å². The molecule has 1 unspecified atom stereocenters. The lowest BCUT2D eigenvalue weighted by Crippen LogP contribution is -2.23. The first-order valence-corrected chi connectivity index (χ1v) is 6.38. The van der Waals surface area contributed by atoms with Crippen molar-refractivity contribution in [2.45, 2.75) is 44.6 Å². The number of hydrogen-bond acceptors (Lipinski definition) is 3. The Balaban J connectivity index is 1.88. The molecule has 1 aliphatic rings. The second-order valence-corrected chi connectivity index (χ2v) is 4.87. The van der Waals surface area contributed by atoms with Gasteiger partial charge in [0.05, 0.1) is 0 Å². The van der Waals surface area contributed by atoms with Gasteiger partial charge in [0, 0.05) is 12.2 Å². The number of nitrogens with two attached hydrogens (primary N) is 2. The maximum atomic E-state index is 6.18. The molecule has 17 heavy (non-hydrogen) atoms. The second-order valence-electron chi connectivity index (χ2n) is 4.87. The average molecular weight is 231 g/mol. The van der Waals surface area contributed by atoms with E-state index in [0.29, 0.717) is 5.82 Å². The average Bonchev–Trinajstić information content (AvgIpc) is 2.30. The van der Waals surface area contributed by atoms with Crippen molar-refractivity contribution in [3.63, 3.8) is 0 Å². The van der Waals surface area contributed by atoms with Gasteiger partial charge in [-0.2, -0.15) is 0 Å². The molecule has 3 heteroatoms. The summed E-state index contributed by atoms with van der Waals surface area (Å²) in [4.78, 5) is 3.99. The summed E-state index contributed by atoms with van der Waals surface area (Å²) in [6.45, 7) is 0. The Kier molecular flexibility index (Phi) is 4.15. The maximum absolute atomic E-state index is 6.18. The van der Waals surface area contributed by atoms with E-state index in [0.717, 1.165) is 12.8 Å². The van der Waals surface area contributed by atoms with Crippen molar-refractivity contribution in [2.24, 2.45) is 5.73 Å². The molecule has 4 N–H and O–H groups in total. The van der Waals surface area contributed by atoms with E-state index in [2.05, 4.69) is 11.1 Å². The summed E-state index contributed by atoms with van der Waals surface area (Å²) in [7, 11) is 0. The summed E-state index contributed by atoms with van der Waals surface area (Å²) in [6, 6.07) is 4.10. The van der Waals surface area contributed by atoms with Gasteiger partial charge < -0.3 is 11.5 Å². The summed E-state index contributed by atoms with van der Waals surface area (Å²) in [6.07, 6.45) is 11.1. The fraction of sp³-hybridized carbons (Fsp3) is 0.500. The van der Waals surface area contributed by atoms with Gasteiger partial charge in [-0.15, -0.1) is 0 Å². The van der Waals surface area contributed by atoms with Crippen molar-refractivity contribution < 1.29 is 0 Å². The van der Waals surface area contributed by atoms with Crippen LogP contribution in [0.15, 0.2) is 30.0 Å². The lowest BCUT2D eigenvalue weighted by atomic mass is 9.92. The number of anilines is 1. The predicted molar refractivity (Wildman–Crippen MR) is 71.5 cm³/mol. The number of nitrogen functional groups attached to an aromatic ring is 1. The monoisotopic (exact) mass is 231 g/mol. The van der Waals surface area contributed by atoms with Gasteiger partial charge in [0.15, 0.2) is 0 Å². The van der Waals surface area contributed by atoms with Crippen LogP contribution >= 0.6 is 0 Å². The number of nitrogens with zero attached hydrogens (tertiary/aromatic N) is 1. The summed E-state index contributed by atoms with van der Waals surface area (Å²) < 4.78 is 0. The summed E-state index contributed by atoms with van der Waals surface area (Å²) in [5.74, 6) is 0.576. The highest BCUT2D eigenvalue weighted by Crippen LogP contribution is 2.21. The van der Waals surface area contributed by atoms with Crippen LogP contribution in [-0.4, -0.2) is 11.0 Å². The van der Waals surface area contributed by atoms with Gasteiger partial charge in [0.1, 0.15) is 5.82 Å². The zero-order chi connectivity index (χ0) is 12.1. The molecule has 0 radical (unpaired) electrons. The number of aromatic nitrogens is 1. The van der Waals surface area contributed by atoms with Crippen LogP contribution in [0.2, 0.25) is 0 Å². The molecule has 0 bridgehead atoms. The molecule has 0 spiro atoms. The van der Waals surface area contributed by atoms with Gasteiger partial charge >= 0.3 is 0 Å². The van der Waals surface area contributed by atoms with Gasteiger partial charge in [0.25, 0.3) is 0 Å². The first-order valence-electron chi connectivity index (χ1n) is 6.38. The van der Waals surface area contributed by atoms with Crippen LogP contribution in [0.4, 0.5) is 5.82 Å². The first kappa shape index (κ1) is 12.1. The number of allylic oxidation sites excluding steroid dienone is 1. The molecule has 0 amide bonds. The summed E-state index contributed by atoms with van der Waals surface area (Å²) in [5.41, 5.74) is 14.6. The molecule has 0 aliphatic heterocycles. The Morgan fingerprint density at radius 1 is 1.29 bits per heavy atom. The molecule has 1 aliphatic carbocycles. The van der Waals surface area contributed by atoms with Crippen molar-refractivity contribution in [3.8, 4) is 0 Å². The molecule has 2 rings (SSSR count). The van der Waals surface area contributed by atoms with Crippen LogP contribution in [-0.2, 0) is 6.42 Å². The Bertz CT molecular complexity index is 398. The van der Waals surface area contributed by atoms with Crippen LogP contribution in [0, 0.1) is 0 Å². The summed E-state index contributed by atoms with van der Waals surface area (Å²) >= 11 is 0. The molecular weight excluding hydrogens is 210 g/mol. The van der Waals surface area contributed by atoms with Gasteiger partial charge in [-0.05, 0) is 56.2 Å². The molecule has 1 aromatic rings. The molecule has 1 heterocycles. The zero-order valence-corrected chi connectivity index (χ0v) is 10.2. The van der Waals surface area contributed by atoms with Crippen molar-refractivity contribution >= 4 is 5.82 Å². The van der Waals surface area contributed by atoms with Crippen LogP contribution in [0.1, 0.15) is 37.7 Å². The maximum Gasteiger partial charge on any atom is 0.123 e. The third-order valence-corrected chi connectivity index (χ3v) is 3.25. The minimum absolute atomic E-state index is 0.196. The Labute approximate surface area is 103 Å². The Morgan fingerprint density at radius 3 is 2.88 bits per heavy atom. The minimum atomic E-state index is 0.196. The van der Waals surface area contributed by atoms with Gasteiger partial charge in [0.2, 0.25) is 0 Å². The first-order chi connectivity index (χ1) is 8.24. The number of rotatable bonds is 4. The number of hydrogen-bond donors (Lipinski definition) is 2. The molecule has 0 saturated heterocycles. The Hall–Kier alpha value is -1.35. The van der Waals surface area contributed by atoms with E-state index >= 15 is 0 Å². The van der Waals surface area contributed by atoms with Crippen molar-refractivity contribution in [1.29, 1.82) is 0 Å². The molecule has 1 aromatic heterocycles. The fourth-order valence-corrected chi connectivity index (χ4v) is 2.42. The van der Waals surface area contributed by atoms with E-state index in [1.54, 1.807) is 6.20 Å². The highest BCUT2D eigenvalue weighted by Gasteiger charge is 2.10. The molecule has 0 aromatic carbocycles. The lowest BCUT2D eigenvalue weighted by molar-refractivity contribution is 0.605. The van der Waals surface area contributed by atoms with Crippen LogP contribution in [0.25, 0.3) is 0 Å². The normalized spacial score (nSPS) is 17.6. The third-order valence-electron chi connectivity index (χ3n) is 3.25.